The van der Waals surface area contributed by atoms with Crippen molar-refractivity contribution in [3.05, 3.63) is 33.9 Å². The summed E-state index contributed by atoms with van der Waals surface area (Å²) >= 11 is 0. The van der Waals surface area contributed by atoms with Crippen LogP contribution in [0.15, 0.2) is 18.2 Å². The summed E-state index contributed by atoms with van der Waals surface area (Å²) in [5.74, 6) is 0. The number of unbranched alkanes of at least 4 members (excludes halogenated alkanes) is 2. The molecule has 1 N–H and O–H groups in total. The van der Waals surface area contributed by atoms with Crippen LogP contribution in [-0.2, 0) is 4.74 Å². The van der Waals surface area contributed by atoms with Gasteiger partial charge in [-0.05, 0) is 31.4 Å². The zero-order chi connectivity index (χ0) is 14.1. The number of nitro benzene ring substituents is 1. The van der Waals surface area contributed by atoms with E-state index in [1.807, 2.05) is 6.07 Å². The van der Waals surface area contributed by atoms with Crippen LogP contribution >= 0.6 is 0 Å². The average molecular weight is 263 g/mol. The maximum Gasteiger partial charge on any atom is 0.309 e. The molecule has 0 bridgehead atoms. The fourth-order valence-electron chi connectivity index (χ4n) is 1.74. The highest BCUT2D eigenvalue weighted by molar-refractivity contribution is 5.68. The van der Waals surface area contributed by atoms with Gasteiger partial charge in [-0.25, -0.2) is 0 Å². The van der Waals surface area contributed by atoms with Crippen LogP contribution in [0.25, 0.3) is 0 Å². The molecule has 0 aliphatic carbocycles. The monoisotopic (exact) mass is 263 g/mol. The summed E-state index contributed by atoms with van der Waals surface area (Å²) in [6.07, 6.45) is 2.86. The molecule has 19 heavy (non-hydrogen) atoms. The highest BCUT2D eigenvalue weighted by atomic mass is 16.6. The van der Waals surface area contributed by atoms with E-state index in [2.05, 4.69) is 5.32 Å². The molecule has 0 heterocycles. The van der Waals surface area contributed by atoms with E-state index in [1.165, 1.54) is 6.07 Å². The Labute approximate surface area is 112 Å². The highest BCUT2D eigenvalue weighted by Gasteiger charge is 2.18. The van der Waals surface area contributed by atoms with Gasteiger partial charge in [-0.3, -0.25) is 10.1 Å². The summed E-state index contributed by atoms with van der Waals surface area (Å²) in [6.45, 7) is 1.36. The van der Waals surface area contributed by atoms with Gasteiger partial charge in [0.15, 0.2) is 0 Å². The van der Waals surface area contributed by atoms with E-state index in [0.717, 1.165) is 25.9 Å². The molecule has 1 aromatic carbocycles. The number of nitrogens with zero attached hydrogens (tertiary/aromatic N) is 2. The summed E-state index contributed by atoms with van der Waals surface area (Å²) in [5.41, 5.74) is 0.326. The molecular weight excluding hydrogens is 246 g/mol. The molecule has 1 rings (SSSR count). The molecule has 0 amide bonds. The van der Waals surface area contributed by atoms with Crippen molar-refractivity contribution in [2.24, 2.45) is 0 Å². The summed E-state index contributed by atoms with van der Waals surface area (Å²) < 4.78 is 4.94. The van der Waals surface area contributed by atoms with Crippen molar-refractivity contribution in [3.8, 4) is 6.07 Å². The molecule has 1 aromatic rings. The topological polar surface area (TPSA) is 88.2 Å². The van der Waals surface area contributed by atoms with E-state index >= 15 is 0 Å². The Morgan fingerprint density at radius 1 is 1.42 bits per heavy atom. The van der Waals surface area contributed by atoms with E-state index in [1.54, 1.807) is 19.2 Å². The van der Waals surface area contributed by atoms with Crippen molar-refractivity contribution in [1.82, 2.24) is 0 Å². The van der Waals surface area contributed by atoms with Gasteiger partial charge in [-0.15, -0.1) is 0 Å². The first-order valence-corrected chi connectivity index (χ1v) is 6.11. The molecule has 0 saturated heterocycles. The highest BCUT2D eigenvalue weighted by Crippen LogP contribution is 2.27. The van der Waals surface area contributed by atoms with Crippen molar-refractivity contribution in [2.75, 3.05) is 25.6 Å². The van der Waals surface area contributed by atoms with E-state index in [-0.39, 0.29) is 11.3 Å². The summed E-state index contributed by atoms with van der Waals surface area (Å²) in [5, 5.41) is 22.9. The van der Waals surface area contributed by atoms with Gasteiger partial charge in [0.25, 0.3) is 0 Å². The van der Waals surface area contributed by atoms with E-state index in [0.29, 0.717) is 12.2 Å². The maximum atomic E-state index is 11.0. The molecule has 0 aliphatic rings. The van der Waals surface area contributed by atoms with Crippen LogP contribution in [-0.4, -0.2) is 25.2 Å². The summed E-state index contributed by atoms with van der Waals surface area (Å²) in [6, 6.07) is 6.54. The third-order valence-corrected chi connectivity index (χ3v) is 2.68. The zero-order valence-corrected chi connectivity index (χ0v) is 10.9. The van der Waals surface area contributed by atoms with E-state index in [4.69, 9.17) is 10.00 Å². The minimum absolute atomic E-state index is 0.0781. The SMILES string of the molecule is COCCCCCNc1cccc(C#N)c1[N+](=O)[O-]. The number of benzene rings is 1. The normalized spacial score (nSPS) is 9.89. The lowest BCUT2D eigenvalue weighted by Gasteiger charge is -2.07. The average Bonchev–Trinajstić information content (AvgIpc) is 2.42. The number of anilines is 1. The minimum Gasteiger partial charge on any atom is -0.385 e. The summed E-state index contributed by atoms with van der Waals surface area (Å²) in [4.78, 5) is 10.5. The molecular formula is C13H17N3O3. The number of hydrogen-bond donors (Lipinski definition) is 1. The first-order chi connectivity index (χ1) is 9.20. The van der Waals surface area contributed by atoms with Crippen LogP contribution in [0.3, 0.4) is 0 Å². The Morgan fingerprint density at radius 2 is 2.21 bits per heavy atom. The lowest BCUT2D eigenvalue weighted by molar-refractivity contribution is -0.384. The molecule has 102 valence electrons. The number of methoxy groups -OCH3 is 1. The third kappa shape index (κ3) is 4.56. The molecule has 0 fully saturated rings. The van der Waals surface area contributed by atoms with Gasteiger partial charge in [0, 0.05) is 20.3 Å². The van der Waals surface area contributed by atoms with Gasteiger partial charge in [0.2, 0.25) is 0 Å². The Kier molecular flexibility index (Phi) is 6.33. The largest absolute Gasteiger partial charge is 0.385 e. The smallest absolute Gasteiger partial charge is 0.309 e. The second-order valence-electron chi connectivity index (χ2n) is 4.05. The Morgan fingerprint density at radius 3 is 2.84 bits per heavy atom. The second kappa shape index (κ2) is 8.06. The third-order valence-electron chi connectivity index (χ3n) is 2.68. The Hall–Kier alpha value is -2.13. The van der Waals surface area contributed by atoms with Crippen LogP contribution in [0.4, 0.5) is 11.4 Å². The van der Waals surface area contributed by atoms with E-state index < -0.39 is 4.92 Å². The number of rotatable bonds is 8. The van der Waals surface area contributed by atoms with Gasteiger partial charge in [-0.1, -0.05) is 6.07 Å². The quantitative estimate of drug-likeness (QED) is 0.442. The molecule has 0 radical (unpaired) electrons. The molecule has 0 atom stereocenters. The standard InChI is InChI=1S/C13H17N3O3/c1-19-9-4-2-3-8-15-12-7-5-6-11(10-14)13(12)16(17)18/h5-7,15H,2-4,8-9H2,1H3. The molecule has 0 aromatic heterocycles. The first-order valence-electron chi connectivity index (χ1n) is 6.11. The van der Waals surface area contributed by atoms with Crippen LogP contribution in [0.1, 0.15) is 24.8 Å². The van der Waals surface area contributed by atoms with Gasteiger partial charge < -0.3 is 10.1 Å². The van der Waals surface area contributed by atoms with Crippen molar-refractivity contribution in [2.45, 2.75) is 19.3 Å². The van der Waals surface area contributed by atoms with Crippen molar-refractivity contribution < 1.29 is 9.66 Å². The van der Waals surface area contributed by atoms with Gasteiger partial charge in [-0.2, -0.15) is 5.26 Å². The molecule has 0 saturated carbocycles. The first kappa shape index (κ1) is 14.9. The second-order valence-corrected chi connectivity index (χ2v) is 4.05. The Balaban J connectivity index is 2.59. The predicted octanol–water partition coefficient (Wildman–Crippen LogP) is 2.70. The van der Waals surface area contributed by atoms with Gasteiger partial charge in [0.05, 0.1) is 4.92 Å². The van der Waals surface area contributed by atoms with Crippen LogP contribution in [0.2, 0.25) is 0 Å². The van der Waals surface area contributed by atoms with Crippen LogP contribution in [0.5, 0.6) is 0 Å². The van der Waals surface area contributed by atoms with Crippen molar-refractivity contribution >= 4 is 11.4 Å². The number of ether oxygens (including phenoxy) is 1. The van der Waals surface area contributed by atoms with Crippen LogP contribution < -0.4 is 5.32 Å². The number of nitro groups is 1. The lowest BCUT2D eigenvalue weighted by atomic mass is 10.1. The maximum absolute atomic E-state index is 11.0. The fourth-order valence-corrected chi connectivity index (χ4v) is 1.74. The zero-order valence-electron chi connectivity index (χ0n) is 10.9. The van der Waals surface area contributed by atoms with Gasteiger partial charge >= 0.3 is 5.69 Å². The number of nitrogens with one attached hydrogen (secondary N) is 1. The molecule has 6 nitrogen and oxygen atoms in total. The van der Waals surface area contributed by atoms with E-state index in [9.17, 15) is 10.1 Å². The van der Waals surface area contributed by atoms with Crippen LogP contribution in [0, 0.1) is 21.4 Å². The van der Waals surface area contributed by atoms with Crippen molar-refractivity contribution in [3.63, 3.8) is 0 Å². The number of nitriles is 1. The minimum atomic E-state index is -0.522. The lowest BCUT2D eigenvalue weighted by Crippen LogP contribution is -2.05. The number of hydrogen-bond acceptors (Lipinski definition) is 5. The Bertz CT molecular complexity index is 469. The van der Waals surface area contributed by atoms with Gasteiger partial charge in [0.1, 0.15) is 17.3 Å². The summed E-state index contributed by atoms with van der Waals surface area (Å²) in [7, 11) is 1.66. The molecule has 0 spiro atoms. The molecule has 6 heteroatoms. The molecule has 0 unspecified atom stereocenters. The fraction of sp³-hybridized carbons (Fsp3) is 0.462. The van der Waals surface area contributed by atoms with Crippen molar-refractivity contribution in [1.29, 1.82) is 5.26 Å². The number of para-hydroxylation sites is 1. The molecule has 0 aliphatic heterocycles. The predicted molar refractivity (Wildman–Crippen MR) is 72.0 cm³/mol.